The van der Waals surface area contributed by atoms with Crippen LogP contribution in [0.25, 0.3) is 11.1 Å². The van der Waals surface area contributed by atoms with Gasteiger partial charge in [0.1, 0.15) is 4.90 Å². The Morgan fingerprint density at radius 1 is 1.35 bits per heavy atom. The molecule has 4 N–H and O–H groups in total. The average Bonchev–Trinajstić information content (AvgIpc) is 2.55. The molecule has 1 aromatic heterocycles. The van der Waals surface area contributed by atoms with Crippen molar-refractivity contribution >= 4 is 27.6 Å². The van der Waals surface area contributed by atoms with Gasteiger partial charge in [-0.15, -0.1) is 0 Å². The van der Waals surface area contributed by atoms with Gasteiger partial charge in [-0.05, 0) is 50.3 Å². The summed E-state index contributed by atoms with van der Waals surface area (Å²) >= 11 is 6.16. The molecule has 1 saturated carbocycles. The fraction of sp³-hybridized carbons (Fsp3) is 0.412. The monoisotopic (exact) mass is 396 g/mol. The summed E-state index contributed by atoms with van der Waals surface area (Å²) in [6.45, 7) is 1.78. The first-order valence-corrected chi connectivity index (χ1v) is 10.2. The molecule has 0 spiro atoms. The average molecular weight is 397 g/mol. The van der Waals surface area contributed by atoms with Crippen molar-refractivity contribution in [1.29, 1.82) is 0 Å². The predicted octanol–water partition coefficient (Wildman–Crippen LogP) is 2.27. The molecule has 0 amide bonds. The highest BCUT2D eigenvalue weighted by Gasteiger charge is 2.27. The van der Waals surface area contributed by atoms with Crippen LogP contribution < -0.4 is 10.5 Å². The Hall–Kier alpha value is -1.74. The van der Waals surface area contributed by atoms with Gasteiger partial charge in [0.15, 0.2) is 0 Å². The van der Waals surface area contributed by atoms with Gasteiger partial charge in [0, 0.05) is 17.8 Å². The Labute approximate surface area is 157 Å². The van der Waals surface area contributed by atoms with Gasteiger partial charge in [-0.3, -0.25) is 0 Å². The number of aliphatic hydroxyl groups excluding tert-OH is 1. The first-order valence-electron chi connectivity index (χ1n) is 8.35. The molecule has 26 heavy (non-hydrogen) atoms. The van der Waals surface area contributed by atoms with E-state index < -0.39 is 16.1 Å². The molecule has 9 heteroatoms. The number of aliphatic hydroxyl groups is 1. The van der Waals surface area contributed by atoms with Crippen LogP contribution in [0.3, 0.4) is 0 Å². The predicted molar refractivity (Wildman–Crippen MR) is 100 cm³/mol. The molecule has 1 heterocycles. The van der Waals surface area contributed by atoms with Gasteiger partial charge in [0.25, 0.3) is 0 Å². The second kappa shape index (κ2) is 7.48. The van der Waals surface area contributed by atoms with Crippen molar-refractivity contribution in [3.8, 4) is 11.1 Å². The van der Waals surface area contributed by atoms with E-state index in [1.807, 2.05) is 0 Å². The highest BCUT2D eigenvalue weighted by Crippen LogP contribution is 2.30. The van der Waals surface area contributed by atoms with Crippen LogP contribution in [0.1, 0.15) is 31.4 Å². The number of nitrogen functional groups attached to an aromatic ring is 1. The Morgan fingerprint density at radius 3 is 2.81 bits per heavy atom. The topological polar surface area (TPSA) is 118 Å². The fourth-order valence-electron chi connectivity index (χ4n) is 3.20. The zero-order valence-corrected chi connectivity index (χ0v) is 15.9. The molecule has 1 aliphatic carbocycles. The van der Waals surface area contributed by atoms with Crippen molar-refractivity contribution in [1.82, 2.24) is 14.7 Å². The van der Waals surface area contributed by atoms with Crippen molar-refractivity contribution in [2.24, 2.45) is 0 Å². The van der Waals surface area contributed by atoms with Crippen molar-refractivity contribution < 1.29 is 13.5 Å². The van der Waals surface area contributed by atoms with Gasteiger partial charge >= 0.3 is 0 Å². The largest absolute Gasteiger partial charge is 0.393 e. The Bertz CT molecular complexity index is 920. The molecule has 1 fully saturated rings. The quantitative estimate of drug-likeness (QED) is 0.729. The van der Waals surface area contributed by atoms with Crippen LogP contribution in [-0.2, 0) is 10.0 Å². The molecule has 140 valence electrons. The van der Waals surface area contributed by atoms with Crippen molar-refractivity contribution in [3.63, 3.8) is 0 Å². The van der Waals surface area contributed by atoms with E-state index in [1.165, 1.54) is 12.1 Å². The minimum atomic E-state index is -3.82. The molecule has 1 aliphatic rings. The van der Waals surface area contributed by atoms with Crippen LogP contribution in [0.2, 0.25) is 5.02 Å². The minimum absolute atomic E-state index is 0.00652. The third-order valence-corrected chi connectivity index (χ3v) is 6.50. The van der Waals surface area contributed by atoms with E-state index in [2.05, 4.69) is 14.7 Å². The van der Waals surface area contributed by atoms with E-state index in [0.717, 1.165) is 6.42 Å². The number of sulfonamides is 1. The summed E-state index contributed by atoms with van der Waals surface area (Å²) in [5, 5.41) is 9.89. The molecule has 2 atom stereocenters. The smallest absolute Gasteiger partial charge is 0.242 e. The number of hydrogen-bond donors (Lipinski definition) is 3. The highest BCUT2D eigenvalue weighted by molar-refractivity contribution is 7.89. The third kappa shape index (κ3) is 4.15. The third-order valence-electron chi connectivity index (χ3n) is 4.50. The Morgan fingerprint density at radius 2 is 2.12 bits per heavy atom. The van der Waals surface area contributed by atoms with Crippen molar-refractivity contribution in [2.75, 3.05) is 5.73 Å². The summed E-state index contributed by atoms with van der Waals surface area (Å²) in [7, 11) is -3.82. The first-order chi connectivity index (χ1) is 12.3. The number of nitrogens with one attached hydrogen (secondary N) is 1. The van der Waals surface area contributed by atoms with E-state index in [-0.39, 0.29) is 21.9 Å². The summed E-state index contributed by atoms with van der Waals surface area (Å²) in [4.78, 5) is 8.07. The molecule has 2 unspecified atom stereocenters. The number of nitrogens with two attached hydrogens (primary N) is 1. The molecule has 1 aromatic carbocycles. The standard InChI is InChI=1S/C17H21ClN4O3S/c1-10-14(9-20-17(19)21-10)11-5-6-15(18)16(7-11)26(24,25)22-12-3-2-4-13(23)8-12/h5-7,9,12-13,22-23H,2-4,8H2,1H3,(H2,19,20,21). The maximum absolute atomic E-state index is 12.8. The molecule has 0 saturated heterocycles. The van der Waals surface area contributed by atoms with Gasteiger partial charge in [-0.25, -0.2) is 23.1 Å². The van der Waals surface area contributed by atoms with Gasteiger partial charge in [-0.2, -0.15) is 0 Å². The maximum Gasteiger partial charge on any atom is 0.242 e. The number of benzene rings is 1. The number of aromatic nitrogens is 2. The first kappa shape index (κ1) is 19.0. The fourth-order valence-corrected chi connectivity index (χ4v) is 5.01. The second-order valence-corrected chi connectivity index (χ2v) is 8.60. The number of nitrogens with zero attached hydrogens (tertiary/aromatic N) is 2. The second-order valence-electron chi connectivity index (χ2n) is 6.51. The highest BCUT2D eigenvalue weighted by atomic mass is 35.5. The number of halogens is 1. The molecular weight excluding hydrogens is 376 g/mol. The Kier molecular flexibility index (Phi) is 5.47. The van der Waals surface area contributed by atoms with E-state index in [0.29, 0.717) is 36.1 Å². The van der Waals surface area contributed by atoms with E-state index in [4.69, 9.17) is 17.3 Å². The van der Waals surface area contributed by atoms with E-state index in [9.17, 15) is 13.5 Å². The number of aryl methyl sites for hydroxylation is 1. The SMILES string of the molecule is Cc1nc(N)ncc1-c1ccc(Cl)c(S(=O)(=O)NC2CCCC(O)C2)c1. The van der Waals surface area contributed by atoms with E-state index >= 15 is 0 Å². The molecular formula is C17H21ClN4O3S. The number of anilines is 1. The lowest BCUT2D eigenvalue weighted by atomic mass is 9.94. The zero-order chi connectivity index (χ0) is 18.9. The van der Waals surface area contributed by atoms with E-state index in [1.54, 1.807) is 19.2 Å². The van der Waals surface area contributed by atoms with Crippen LogP contribution in [0, 0.1) is 6.92 Å². The molecule has 0 radical (unpaired) electrons. The van der Waals surface area contributed by atoms with Gasteiger partial charge in [-0.1, -0.05) is 17.7 Å². The summed E-state index contributed by atoms with van der Waals surface area (Å²) in [6, 6.07) is 4.46. The zero-order valence-electron chi connectivity index (χ0n) is 14.3. The molecule has 2 aromatic rings. The molecule has 3 rings (SSSR count). The molecule has 0 aliphatic heterocycles. The summed E-state index contributed by atoms with van der Waals surface area (Å²) in [5.41, 5.74) is 7.54. The number of hydrogen-bond acceptors (Lipinski definition) is 6. The van der Waals surface area contributed by atoms with Crippen LogP contribution in [0.4, 0.5) is 5.95 Å². The van der Waals surface area contributed by atoms with Crippen LogP contribution in [0.15, 0.2) is 29.3 Å². The lowest BCUT2D eigenvalue weighted by Crippen LogP contribution is -2.39. The summed E-state index contributed by atoms with van der Waals surface area (Å²) in [5.74, 6) is 0.158. The van der Waals surface area contributed by atoms with Crippen molar-refractivity contribution in [2.45, 2.75) is 49.6 Å². The van der Waals surface area contributed by atoms with Gasteiger partial charge < -0.3 is 10.8 Å². The molecule has 7 nitrogen and oxygen atoms in total. The van der Waals surface area contributed by atoms with Crippen LogP contribution in [0.5, 0.6) is 0 Å². The van der Waals surface area contributed by atoms with Crippen LogP contribution >= 0.6 is 11.6 Å². The molecule has 0 bridgehead atoms. The lowest BCUT2D eigenvalue weighted by Gasteiger charge is -2.26. The summed E-state index contributed by atoms with van der Waals surface area (Å²) in [6.07, 6.45) is 3.66. The Balaban J connectivity index is 1.94. The van der Waals surface area contributed by atoms with Crippen LogP contribution in [-0.4, -0.2) is 35.6 Å². The lowest BCUT2D eigenvalue weighted by molar-refractivity contribution is 0.117. The van der Waals surface area contributed by atoms with Crippen molar-refractivity contribution in [3.05, 3.63) is 35.1 Å². The van der Waals surface area contributed by atoms with Gasteiger partial charge in [0.05, 0.1) is 16.8 Å². The summed E-state index contributed by atoms with van der Waals surface area (Å²) < 4.78 is 28.3. The van der Waals surface area contributed by atoms with Gasteiger partial charge in [0.2, 0.25) is 16.0 Å². The maximum atomic E-state index is 12.8. The number of rotatable bonds is 4. The normalized spacial score (nSPS) is 20.9. The minimum Gasteiger partial charge on any atom is -0.393 e.